The molecule has 5 heteroatoms. The first kappa shape index (κ1) is 15.5. The van der Waals surface area contributed by atoms with Crippen LogP contribution in [0.4, 0.5) is 0 Å². The van der Waals surface area contributed by atoms with Crippen LogP contribution >= 0.6 is 27.7 Å². The highest BCUT2D eigenvalue weighted by Crippen LogP contribution is 2.40. The van der Waals surface area contributed by atoms with E-state index in [0.29, 0.717) is 18.0 Å². The zero-order valence-electron chi connectivity index (χ0n) is 12.4. The maximum Gasteiger partial charge on any atom is 0.175 e. The molecule has 1 N–H and O–H groups in total. The van der Waals surface area contributed by atoms with Crippen LogP contribution in [-0.4, -0.2) is 30.8 Å². The molecule has 0 bridgehead atoms. The summed E-state index contributed by atoms with van der Waals surface area (Å²) in [6, 6.07) is 4.22. The second kappa shape index (κ2) is 6.80. The average Bonchev–Trinajstić information content (AvgIpc) is 2.97. The van der Waals surface area contributed by atoms with Crippen LogP contribution in [0, 0.1) is 0 Å². The summed E-state index contributed by atoms with van der Waals surface area (Å²) in [5.74, 6) is 1.69. The van der Waals surface area contributed by atoms with Gasteiger partial charge in [0.2, 0.25) is 0 Å². The van der Waals surface area contributed by atoms with Crippen molar-refractivity contribution < 1.29 is 9.47 Å². The van der Waals surface area contributed by atoms with Crippen molar-refractivity contribution in [2.24, 2.45) is 0 Å². The van der Waals surface area contributed by atoms with Crippen LogP contribution in [0.1, 0.15) is 31.2 Å². The molecule has 116 valence electrons. The Kier molecular flexibility index (Phi) is 5.02. The molecule has 0 amide bonds. The first-order valence-electron chi connectivity index (χ1n) is 7.56. The summed E-state index contributed by atoms with van der Waals surface area (Å²) in [5, 5.41) is 3.63. The predicted octanol–water partition coefficient (Wildman–Crippen LogP) is 3.99. The van der Waals surface area contributed by atoms with Crippen molar-refractivity contribution in [1.82, 2.24) is 5.32 Å². The van der Waals surface area contributed by atoms with Crippen LogP contribution in [0.25, 0.3) is 0 Å². The van der Waals surface area contributed by atoms with Gasteiger partial charge in [0.05, 0.1) is 4.47 Å². The molecule has 1 aromatic carbocycles. The van der Waals surface area contributed by atoms with Gasteiger partial charge in [0.1, 0.15) is 13.2 Å². The van der Waals surface area contributed by atoms with E-state index in [0.717, 1.165) is 29.1 Å². The van der Waals surface area contributed by atoms with Crippen LogP contribution in [0.3, 0.4) is 0 Å². The topological polar surface area (TPSA) is 30.5 Å². The van der Waals surface area contributed by atoms with Crippen molar-refractivity contribution in [3.63, 3.8) is 0 Å². The molecule has 1 fully saturated rings. The highest BCUT2D eigenvalue weighted by molar-refractivity contribution is 9.10. The van der Waals surface area contributed by atoms with Gasteiger partial charge in [-0.25, -0.2) is 0 Å². The number of halogens is 1. The number of hydrogen-bond donors (Lipinski definition) is 1. The minimum absolute atomic E-state index is 0.449. The van der Waals surface area contributed by atoms with E-state index in [1.54, 1.807) is 0 Å². The normalized spacial score (nSPS) is 19.7. The van der Waals surface area contributed by atoms with E-state index in [9.17, 15) is 0 Å². The fourth-order valence-electron chi connectivity index (χ4n) is 3.17. The average molecular weight is 372 g/mol. The van der Waals surface area contributed by atoms with E-state index in [2.05, 4.69) is 39.6 Å². The molecular weight excluding hydrogens is 350 g/mol. The third-order valence-electron chi connectivity index (χ3n) is 4.38. The maximum atomic E-state index is 5.68. The molecule has 1 aliphatic heterocycles. The van der Waals surface area contributed by atoms with Gasteiger partial charge >= 0.3 is 0 Å². The number of benzene rings is 1. The molecule has 21 heavy (non-hydrogen) atoms. The van der Waals surface area contributed by atoms with E-state index in [-0.39, 0.29) is 0 Å². The Bertz CT molecular complexity index is 503. The van der Waals surface area contributed by atoms with Crippen molar-refractivity contribution >= 4 is 27.7 Å². The lowest BCUT2D eigenvalue weighted by atomic mass is 10.1. The summed E-state index contributed by atoms with van der Waals surface area (Å²) in [6.45, 7) is 3.21. The maximum absolute atomic E-state index is 5.68. The van der Waals surface area contributed by atoms with E-state index in [1.165, 1.54) is 31.2 Å². The zero-order chi connectivity index (χ0) is 14.7. The van der Waals surface area contributed by atoms with Crippen LogP contribution in [0.2, 0.25) is 0 Å². The molecule has 1 aliphatic carbocycles. The number of nitrogens with one attached hydrogen (secondary N) is 1. The van der Waals surface area contributed by atoms with Crippen LogP contribution in [0.5, 0.6) is 11.5 Å². The predicted molar refractivity (Wildman–Crippen MR) is 91.6 cm³/mol. The van der Waals surface area contributed by atoms with Gasteiger partial charge in [0, 0.05) is 17.8 Å². The second-order valence-electron chi connectivity index (χ2n) is 5.80. The summed E-state index contributed by atoms with van der Waals surface area (Å²) in [7, 11) is 0. The van der Waals surface area contributed by atoms with Gasteiger partial charge in [-0.1, -0.05) is 12.8 Å². The number of thioether (sulfide) groups is 1. The highest BCUT2D eigenvalue weighted by Gasteiger charge is 2.32. The zero-order valence-corrected chi connectivity index (χ0v) is 14.8. The Labute approximate surface area is 139 Å². The minimum Gasteiger partial charge on any atom is -0.486 e. The second-order valence-corrected chi connectivity index (χ2v) is 7.93. The molecule has 0 atom stereocenters. The van der Waals surface area contributed by atoms with Crippen LogP contribution < -0.4 is 14.8 Å². The standard InChI is InChI=1S/C16H22BrNO2S/c1-21-16(4-2-3-5-16)11-18-10-12-8-13(17)15-14(9-12)19-6-7-20-15/h8-9,18H,2-7,10-11H2,1H3. The van der Waals surface area contributed by atoms with Crippen molar-refractivity contribution in [1.29, 1.82) is 0 Å². The lowest BCUT2D eigenvalue weighted by Gasteiger charge is -2.27. The fraction of sp³-hybridized carbons (Fsp3) is 0.625. The molecule has 0 spiro atoms. The number of fused-ring (bicyclic) bond motifs is 1. The quantitative estimate of drug-likeness (QED) is 0.847. The van der Waals surface area contributed by atoms with Gasteiger partial charge in [0.25, 0.3) is 0 Å². The van der Waals surface area contributed by atoms with Crippen molar-refractivity contribution in [3.8, 4) is 11.5 Å². The van der Waals surface area contributed by atoms with E-state index in [4.69, 9.17) is 9.47 Å². The monoisotopic (exact) mass is 371 g/mol. The van der Waals surface area contributed by atoms with Gasteiger partial charge in [0.15, 0.2) is 11.5 Å². The van der Waals surface area contributed by atoms with Crippen LogP contribution in [-0.2, 0) is 6.54 Å². The lowest BCUT2D eigenvalue weighted by molar-refractivity contribution is 0.170. The third-order valence-corrected chi connectivity index (χ3v) is 6.39. The van der Waals surface area contributed by atoms with Crippen molar-refractivity contribution in [2.45, 2.75) is 37.0 Å². The van der Waals surface area contributed by atoms with E-state index >= 15 is 0 Å². The summed E-state index contributed by atoms with van der Waals surface area (Å²) < 4.78 is 12.7. The summed E-state index contributed by atoms with van der Waals surface area (Å²) in [5.41, 5.74) is 1.24. The van der Waals surface area contributed by atoms with Crippen molar-refractivity contribution in [3.05, 3.63) is 22.2 Å². The van der Waals surface area contributed by atoms with Crippen LogP contribution in [0.15, 0.2) is 16.6 Å². The molecule has 0 saturated heterocycles. The first-order valence-corrected chi connectivity index (χ1v) is 9.58. The molecule has 3 nitrogen and oxygen atoms in total. The number of ether oxygens (including phenoxy) is 2. The molecule has 0 unspecified atom stereocenters. The SMILES string of the molecule is CSC1(CNCc2cc(Br)c3c(c2)OCCO3)CCCC1. The molecule has 1 saturated carbocycles. The smallest absolute Gasteiger partial charge is 0.175 e. The van der Waals surface area contributed by atoms with Gasteiger partial charge < -0.3 is 14.8 Å². The third kappa shape index (κ3) is 3.51. The first-order chi connectivity index (χ1) is 10.2. The van der Waals surface area contributed by atoms with Gasteiger partial charge in [-0.15, -0.1) is 0 Å². The Hall–Kier alpha value is -0.390. The summed E-state index contributed by atoms with van der Waals surface area (Å²) >= 11 is 5.60. The molecule has 0 aromatic heterocycles. The Morgan fingerprint density at radius 3 is 2.76 bits per heavy atom. The summed E-state index contributed by atoms with van der Waals surface area (Å²) in [6.07, 6.45) is 7.67. The fourth-order valence-corrected chi connectivity index (χ4v) is 4.72. The van der Waals surface area contributed by atoms with E-state index < -0.39 is 0 Å². The Morgan fingerprint density at radius 1 is 1.24 bits per heavy atom. The molecule has 0 radical (unpaired) electrons. The minimum atomic E-state index is 0.449. The van der Waals surface area contributed by atoms with Crippen molar-refractivity contribution in [2.75, 3.05) is 26.0 Å². The Morgan fingerprint density at radius 2 is 2.00 bits per heavy atom. The van der Waals surface area contributed by atoms with Gasteiger partial charge in [-0.2, -0.15) is 11.8 Å². The Balaban J connectivity index is 1.61. The molecule has 3 rings (SSSR count). The van der Waals surface area contributed by atoms with Gasteiger partial charge in [-0.3, -0.25) is 0 Å². The lowest BCUT2D eigenvalue weighted by Crippen LogP contribution is -2.34. The highest BCUT2D eigenvalue weighted by atomic mass is 79.9. The molecule has 1 aromatic rings. The number of hydrogen-bond acceptors (Lipinski definition) is 4. The number of rotatable bonds is 5. The summed E-state index contributed by atoms with van der Waals surface area (Å²) in [4.78, 5) is 0. The molecule has 2 aliphatic rings. The largest absolute Gasteiger partial charge is 0.486 e. The van der Waals surface area contributed by atoms with E-state index in [1.807, 2.05) is 11.8 Å². The van der Waals surface area contributed by atoms with Gasteiger partial charge in [-0.05, 0) is 52.7 Å². The molecular formula is C16H22BrNO2S. The molecule has 1 heterocycles.